The molecular formula is C7H18N2O. The van der Waals surface area contributed by atoms with Gasteiger partial charge < -0.3 is 5.73 Å². The summed E-state index contributed by atoms with van der Waals surface area (Å²) >= 11 is 0. The Bertz CT molecular complexity index is 76.0. The first-order valence-electron chi connectivity index (χ1n) is 3.76. The zero-order valence-corrected chi connectivity index (χ0v) is 7.13. The summed E-state index contributed by atoms with van der Waals surface area (Å²) in [5.74, 6) is 0. The molecule has 62 valence electrons. The van der Waals surface area contributed by atoms with Crippen molar-refractivity contribution in [1.82, 2.24) is 5.06 Å². The second kappa shape index (κ2) is 5.65. The fourth-order valence-corrected chi connectivity index (χ4v) is 0.670. The molecular weight excluding hydrogens is 128 g/mol. The molecule has 2 N–H and O–H groups in total. The summed E-state index contributed by atoms with van der Waals surface area (Å²) in [6.45, 7) is 5.61. The number of hydrogen-bond donors (Lipinski definition) is 1. The maximum Gasteiger partial charge on any atom is 0.0656 e. The Kier molecular flexibility index (Phi) is 5.58. The molecule has 0 saturated heterocycles. The van der Waals surface area contributed by atoms with E-state index in [0.717, 1.165) is 19.6 Å². The van der Waals surface area contributed by atoms with Gasteiger partial charge in [0.15, 0.2) is 0 Å². The van der Waals surface area contributed by atoms with Crippen molar-refractivity contribution in [3.63, 3.8) is 0 Å². The van der Waals surface area contributed by atoms with Crippen molar-refractivity contribution < 1.29 is 4.84 Å². The van der Waals surface area contributed by atoms with Crippen molar-refractivity contribution in [3.05, 3.63) is 0 Å². The standard InChI is InChI=1S/C7H18N2O/c1-4-10-9(3)6-5-7(2)8/h7H,4-6,8H2,1-3H3. The van der Waals surface area contributed by atoms with Crippen molar-refractivity contribution >= 4 is 0 Å². The zero-order chi connectivity index (χ0) is 7.98. The number of hydrogen-bond acceptors (Lipinski definition) is 3. The van der Waals surface area contributed by atoms with E-state index in [0.29, 0.717) is 0 Å². The molecule has 0 aliphatic carbocycles. The molecule has 0 spiro atoms. The van der Waals surface area contributed by atoms with Gasteiger partial charge >= 0.3 is 0 Å². The van der Waals surface area contributed by atoms with Crippen LogP contribution in [-0.2, 0) is 4.84 Å². The summed E-state index contributed by atoms with van der Waals surface area (Å²) in [7, 11) is 1.92. The summed E-state index contributed by atoms with van der Waals surface area (Å²) in [6, 6.07) is 0.267. The molecule has 0 amide bonds. The monoisotopic (exact) mass is 146 g/mol. The molecule has 0 radical (unpaired) electrons. The van der Waals surface area contributed by atoms with E-state index in [1.165, 1.54) is 0 Å². The molecule has 0 fully saturated rings. The number of rotatable bonds is 5. The highest BCUT2D eigenvalue weighted by molar-refractivity contribution is 4.52. The first kappa shape index (κ1) is 9.88. The Morgan fingerprint density at radius 3 is 2.60 bits per heavy atom. The maximum absolute atomic E-state index is 5.55. The lowest BCUT2D eigenvalue weighted by Crippen LogP contribution is -2.26. The van der Waals surface area contributed by atoms with Crippen molar-refractivity contribution in [1.29, 1.82) is 0 Å². The lowest BCUT2D eigenvalue weighted by Gasteiger charge is -2.15. The predicted molar refractivity (Wildman–Crippen MR) is 42.5 cm³/mol. The van der Waals surface area contributed by atoms with Gasteiger partial charge in [-0.15, -0.1) is 0 Å². The van der Waals surface area contributed by atoms with E-state index in [4.69, 9.17) is 10.6 Å². The molecule has 1 atom stereocenters. The second-order valence-electron chi connectivity index (χ2n) is 2.54. The summed E-state index contributed by atoms with van der Waals surface area (Å²) < 4.78 is 0. The van der Waals surface area contributed by atoms with Gasteiger partial charge in [-0.25, -0.2) is 0 Å². The van der Waals surface area contributed by atoms with Crippen LogP contribution in [0.15, 0.2) is 0 Å². The highest BCUT2D eigenvalue weighted by Crippen LogP contribution is 1.91. The molecule has 0 heterocycles. The third-order valence-corrected chi connectivity index (χ3v) is 1.25. The van der Waals surface area contributed by atoms with Gasteiger partial charge in [0.1, 0.15) is 0 Å². The average Bonchev–Trinajstić information content (AvgIpc) is 1.85. The van der Waals surface area contributed by atoms with E-state index < -0.39 is 0 Å². The molecule has 3 nitrogen and oxygen atoms in total. The minimum atomic E-state index is 0.267. The van der Waals surface area contributed by atoms with Crippen LogP contribution in [0.25, 0.3) is 0 Å². The van der Waals surface area contributed by atoms with Gasteiger partial charge in [-0.05, 0) is 20.3 Å². The van der Waals surface area contributed by atoms with E-state index in [2.05, 4.69) is 0 Å². The first-order chi connectivity index (χ1) is 4.66. The highest BCUT2D eigenvalue weighted by atomic mass is 16.7. The van der Waals surface area contributed by atoms with Crippen molar-refractivity contribution in [2.45, 2.75) is 26.3 Å². The van der Waals surface area contributed by atoms with Gasteiger partial charge in [-0.3, -0.25) is 4.84 Å². The molecule has 0 aliphatic heterocycles. The van der Waals surface area contributed by atoms with E-state index in [1.54, 1.807) is 0 Å². The molecule has 0 aliphatic rings. The van der Waals surface area contributed by atoms with Crippen LogP contribution in [0.3, 0.4) is 0 Å². The van der Waals surface area contributed by atoms with E-state index in [9.17, 15) is 0 Å². The number of nitrogens with zero attached hydrogens (tertiary/aromatic N) is 1. The quantitative estimate of drug-likeness (QED) is 0.577. The topological polar surface area (TPSA) is 38.5 Å². The Labute approximate surface area is 63.1 Å². The average molecular weight is 146 g/mol. The Balaban J connectivity index is 3.12. The number of nitrogens with two attached hydrogens (primary N) is 1. The molecule has 0 aromatic carbocycles. The molecule has 0 aromatic heterocycles. The minimum Gasteiger partial charge on any atom is -0.328 e. The fraction of sp³-hybridized carbons (Fsp3) is 1.00. The van der Waals surface area contributed by atoms with Crippen molar-refractivity contribution in [2.75, 3.05) is 20.2 Å². The van der Waals surface area contributed by atoms with Gasteiger partial charge in [0.2, 0.25) is 0 Å². The largest absolute Gasteiger partial charge is 0.328 e. The molecule has 0 rings (SSSR count). The van der Waals surface area contributed by atoms with Crippen molar-refractivity contribution in [3.8, 4) is 0 Å². The third kappa shape index (κ3) is 6.01. The summed E-state index contributed by atoms with van der Waals surface area (Å²) in [5.41, 5.74) is 5.55. The third-order valence-electron chi connectivity index (χ3n) is 1.25. The SMILES string of the molecule is CCON(C)CCC(C)N. The zero-order valence-electron chi connectivity index (χ0n) is 7.13. The van der Waals surface area contributed by atoms with Crippen LogP contribution in [-0.4, -0.2) is 31.3 Å². The maximum atomic E-state index is 5.55. The number of hydroxylamine groups is 2. The normalized spacial score (nSPS) is 14.1. The van der Waals surface area contributed by atoms with E-state index >= 15 is 0 Å². The van der Waals surface area contributed by atoms with Gasteiger partial charge in [-0.2, -0.15) is 5.06 Å². The van der Waals surface area contributed by atoms with E-state index in [-0.39, 0.29) is 6.04 Å². The Hall–Kier alpha value is -0.120. The Morgan fingerprint density at radius 2 is 2.20 bits per heavy atom. The van der Waals surface area contributed by atoms with Crippen molar-refractivity contribution in [2.24, 2.45) is 5.73 Å². The fourth-order valence-electron chi connectivity index (χ4n) is 0.670. The minimum absolute atomic E-state index is 0.267. The van der Waals surface area contributed by atoms with Gasteiger partial charge in [0.05, 0.1) is 6.61 Å². The summed E-state index contributed by atoms with van der Waals surface area (Å²) in [5, 5.41) is 1.82. The highest BCUT2D eigenvalue weighted by Gasteiger charge is 1.98. The van der Waals surface area contributed by atoms with Crippen LogP contribution in [0.2, 0.25) is 0 Å². The molecule has 0 aromatic rings. The smallest absolute Gasteiger partial charge is 0.0656 e. The van der Waals surface area contributed by atoms with E-state index in [1.807, 2.05) is 26.0 Å². The van der Waals surface area contributed by atoms with Crippen LogP contribution < -0.4 is 5.73 Å². The second-order valence-corrected chi connectivity index (χ2v) is 2.54. The molecule has 1 unspecified atom stereocenters. The lowest BCUT2D eigenvalue weighted by atomic mass is 10.2. The summed E-state index contributed by atoms with van der Waals surface area (Å²) in [6.07, 6.45) is 0.983. The van der Waals surface area contributed by atoms with Crippen LogP contribution in [0.1, 0.15) is 20.3 Å². The predicted octanol–water partition coefficient (Wildman–Crippen LogP) is 0.607. The molecule has 0 bridgehead atoms. The van der Waals surface area contributed by atoms with Crippen LogP contribution >= 0.6 is 0 Å². The molecule has 0 saturated carbocycles. The van der Waals surface area contributed by atoms with Gasteiger partial charge in [-0.1, -0.05) is 0 Å². The first-order valence-corrected chi connectivity index (χ1v) is 3.76. The Morgan fingerprint density at radius 1 is 1.60 bits per heavy atom. The van der Waals surface area contributed by atoms with Gasteiger partial charge in [0.25, 0.3) is 0 Å². The van der Waals surface area contributed by atoms with Gasteiger partial charge in [0, 0.05) is 19.6 Å². The summed E-state index contributed by atoms with van der Waals surface area (Å²) in [4.78, 5) is 5.17. The molecule has 10 heavy (non-hydrogen) atoms. The van der Waals surface area contributed by atoms with Crippen LogP contribution in [0, 0.1) is 0 Å². The van der Waals surface area contributed by atoms with Crippen LogP contribution in [0.5, 0.6) is 0 Å². The lowest BCUT2D eigenvalue weighted by molar-refractivity contribution is -0.135. The van der Waals surface area contributed by atoms with Crippen LogP contribution in [0.4, 0.5) is 0 Å². The molecule has 3 heteroatoms.